The maximum absolute atomic E-state index is 12.6. The molecule has 2 atom stereocenters. The molecule has 0 spiro atoms. The number of alkyl halides is 3. The van der Waals surface area contributed by atoms with Gasteiger partial charge < -0.3 is 11.5 Å². The number of halogens is 3. The number of hydrogen-bond acceptors (Lipinski definition) is 7. The lowest BCUT2D eigenvalue weighted by atomic mass is 9.94. The molecule has 2 aliphatic rings. The number of hydrogen-bond donors (Lipinski definition) is 3. The number of aliphatic imine (C=N–C) groups is 3. The molecule has 116 valence electrons. The Labute approximate surface area is 127 Å². The van der Waals surface area contributed by atoms with Crippen molar-refractivity contribution in [3.05, 3.63) is 35.4 Å². The van der Waals surface area contributed by atoms with Crippen molar-refractivity contribution in [3.63, 3.8) is 0 Å². The van der Waals surface area contributed by atoms with E-state index in [2.05, 4.69) is 15.0 Å². The monoisotopic (exact) mass is 328 g/mol. The number of thioether (sulfide) groups is 1. The van der Waals surface area contributed by atoms with Gasteiger partial charge in [0.2, 0.25) is 5.96 Å². The fraction of sp³-hybridized carbons (Fsp3) is 0.250. The van der Waals surface area contributed by atoms with Gasteiger partial charge in [0.15, 0.2) is 11.2 Å². The van der Waals surface area contributed by atoms with E-state index in [1.165, 1.54) is 12.1 Å². The van der Waals surface area contributed by atoms with E-state index in [0.29, 0.717) is 16.3 Å². The number of nitrogens with zero attached hydrogens (tertiary/aromatic N) is 3. The predicted molar refractivity (Wildman–Crippen MR) is 79.4 cm³/mol. The minimum atomic E-state index is -4.43. The topological polar surface area (TPSA) is 115 Å². The molecule has 2 aliphatic heterocycles. The van der Waals surface area contributed by atoms with Gasteiger partial charge in [-0.25, -0.2) is 9.98 Å². The van der Waals surface area contributed by atoms with Crippen molar-refractivity contribution < 1.29 is 13.2 Å². The molecule has 0 fully saturated rings. The molecule has 0 aliphatic carbocycles. The van der Waals surface area contributed by atoms with Crippen LogP contribution in [-0.2, 0) is 11.8 Å². The molecule has 0 radical (unpaired) electrons. The van der Waals surface area contributed by atoms with Crippen LogP contribution in [0.5, 0.6) is 0 Å². The van der Waals surface area contributed by atoms with E-state index in [-0.39, 0.29) is 5.96 Å². The lowest BCUT2D eigenvalue weighted by molar-refractivity contribution is -0.137. The van der Waals surface area contributed by atoms with E-state index in [4.69, 9.17) is 17.2 Å². The smallest absolute Gasteiger partial charge is 0.368 e. The third-order valence-corrected chi connectivity index (χ3v) is 4.07. The van der Waals surface area contributed by atoms with Crippen molar-refractivity contribution in [2.75, 3.05) is 0 Å². The lowest BCUT2D eigenvalue weighted by Crippen LogP contribution is -2.49. The molecular formula is C12H11F3N6S. The summed E-state index contributed by atoms with van der Waals surface area (Å²) in [5.41, 5.74) is 15.4. The molecule has 0 amide bonds. The maximum Gasteiger partial charge on any atom is 0.416 e. The van der Waals surface area contributed by atoms with E-state index in [1.54, 1.807) is 0 Å². The summed E-state index contributed by atoms with van der Waals surface area (Å²) in [5, 5.41) is 0.433. The van der Waals surface area contributed by atoms with E-state index in [1.807, 2.05) is 0 Å². The second-order valence-electron chi connectivity index (χ2n) is 4.71. The van der Waals surface area contributed by atoms with Gasteiger partial charge in [-0.05, 0) is 12.1 Å². The molecule has 0 aromatic heterocycles. The van der Waals surface area contributed by atoms with Gasteiger partial charge in [-0.1, -0.05) is 23.9 Å². The van der Waals surface area contributed by atoms with Crippen LogP contribution in [0.15, 0.2) is 39.2 Å². The van der Waals surface area contributed by atoms with Crippen LogP contribution in [-0.4, -0.2) is 22.2 Å². The van der Waals surface area contributed by atoms with Gasteiger partial charge in [0, 0.05) is 5.56 Å². The summed E-state index contributed by atoms with van der Waals surface area (Å²) in [6, 6.07) is 4.37. The molecule has 6 N–H and O–H groups in total. The molecule has 0 bridgehead atoms. The Hall–Kier alpha value is -1.91. The first-order valence-electron chi connectivity index (χ1n) is 6.12. The van der Waals surface area contributed by atoms with Crippen LogP contribution in [0.2, 0.25) is 0 Å². The van der Waals surface area contributed by atoms with Crippen molar-refractivity contribution in [2.45, 2.75) is 17.3 Å². The highest BCUT2D eigenvalue weighted by Gasteiger charge is 2.43. The van der Waals surface area contributed by atoms with E-state index in [0.717, 1.165) is 23.9 Å². The average Bonchev–Trinajstić information content (AvgIpc) is 2.79. The summed E-state index contributed by atoms with van der Waals surface area (Å²) >= 11 is 1.16. The second-order valence-corrected chi connectivity index (χ2v) is 5.82. The quantitative estimate of drug-likeness (QED) is 0.712. The van der Waals surface area contributed by atoms with Crippen molar-refractivity contribution in [3.8, 4) is 0 Å². The molecule has 6 nitrogen and oxygen atoms in total. The van der Waals surface area contributed by atoms with Crippen LogP contribution in [0.1, 0.15) is 11.1 Å². The lowest BCUT2D eigenvalue weighted by Gasteiger charge is -2.28. The number of fused-ring (bicyclic) bond motifs is 1. The van der Waals surface area contributed by atoms with Gasteiger partial charge in [-0.2, -0.15) is 13.2 Å². The van der Waals surface area contributed by atoms with Crippen LogP contribution in [0.4, 0.5) is 13.2 Å². The van der Waals surface area contributed by atoms with E-state index < -0.39 is 22.9 Å². The van der Waals surface area contributed by atoms with Crippen LogP contribution in [0.3, 0.4) is 0 Å². The van der Waals surface area contributed by atoms with Crippen molar-refractivity contribution in [2.24, 2.45) is 32.2 Å². The summed E-state index contributed by atoms with van der Waals surface area (Å²) in [4.78, 5) is 12.2. The number of benzene rings is 1. The van der Waals surface area contributed by atoms with Crippen LogP contribution in [0.25, 0.3) is 0 Å². The minimum absolute atomic E-state index is 0.0713. The molecule has 10 heteroatoms. The zero-order valence-electron chi connectivity index (χ0n) is 11.0. The third kappa shape index (κ3) is 2.38. The van der Waals surface area contributed by atoms with Crippen molar-refractivity contribution in [1.29, 1.82) is 0 Å². The highest BCUT2D eigenvalue weighted by Crippen LogP contribution is 2.35. The first-order valence-corrected chi connectivity index (χ1v) is 6.99. The highest BCUT2D eigenvalue weighted by molar-refractivity contribution is 8.16. The van der Waals surface area contributed by atoms with E-state index >= 15 is 0 Å². The zero-order valence-corrected chi connectivity index (χ0v) is 11.8. The van der Waals surface area contributed by atoms with Crippen LogP contribution in [0, 0.1) is 0 Å². The standard InChI is InChI=1S/C12H11F3N6S/c13-12(14,15)6-3-1-5(2-4-6)11(18)7-8(20-9(16)21-11)22-10(17)19-7/h1-4,10H,17-18H2,(H2,16,21). The fourth-order valence-corrected chi connectivity index (χ4v) is 3.05. The highest BCUT2D eigenvalue weighted by atomic mass is 32.2. The normalized spacial score (nSPS) is 27.9. The SMILES string of the molecule is NC1=NC(N)(c2ccc(C(F)(F)F)cc2)C2=NC(N)SC2=N1. The fourth-order valence-electron chi connectivity index (χ4n) is 2.20. The Kier molecular flexibility index (Phi) is 3.27. The minimum Gasteiger partial charge on any atom is -0.368 e. The first-order chi connectivity index (χ1) is 10.2. The Balaban J connectivity index is 2.06. The Morgan fingerprint density at radius 2 is 1.82 bits per heavy atom. The maximum atomic E-state index is 12.6. The van der Waals surface area contributed by atoms with Crippen molar-refractivity contribution in [1.82, 2.24) is 0 Å². The Morgan fingerprint density at radius 1 is 1.18 bits per heavy atom. The number of guanidine groups is 1. The number of nitrogens with two attached hydrogens (primary N) is 3. The van der Waals surface area contributed by atoms with Crippen LogP contribution >= 0.6 is 11.8 Å². The molecule has 1 aromatic carbocycles. The Bertz CT molecular complexity index is 709. The van der Waals surface area contributed by atoms with Crippen LogP contribution < -0.4 is 17.2 Å². The Morgan fingerprint density at radius 3 is 2.41 bits per heavy atom. The summed E-state index contributed by atoms with van der Waals surface area (Å²) in [7, 11) is 0. The molecule has 2 unspecified atom stereocenters. The average molecular weight is 328 g/mol. The molecule has 2 heterocycles. The first kappa shape index (κ1) is 15.0. The largest absolute Gasteiger partial charge is 0.416 e. The summed E-state index contributed by atoms with van der Waals surface area (Å²) in [6.07, 6.45) is -4.43. The van der Waals surface area contributed by atoms with Gasteiger partial charge in [-0.3, -0.25) is 10.7 Å². The summed E-state index contributed by atoms with van der Waals surface area (Å²) in [6.45, 7) is 0. The summed E-state index contributed by atoms with van der Waals surface area (Å²) in [5.74, 6) is -0.0713. The molecule has 0 saturated carbocycles. The molecule has 0 saturated heterocycles. The van der Waals surface area contributed by atoms with Gasteiger partial charge in [0.05, 0.1) is 5.56 Å². The number of rotatable bonds is 1. The molecule has 22 heavy (non-hydrogen) atoms. The third-order valence-electron chi connectivity index (χ3n) is 3.21. The van der Waals surface area contributed by atoms with Gasteiger partial charge >= 0.3 is 6.18 Å². The second kappa shape index (κ2) is 4.80. The summed E-state index contributed by atoms with van der Waals surface area (Å²) < 4.78 is 37.9. The molecule has 1 aromatic rings. The van der Waals surface area contributed by atoms with Gasteiger partial charge in [-0.15, -0.1) is 0 Å². The molecular weight excluding hydrogens is 317 g/mol. The van der Waals surface area contributed by atoms with E-state index in [9.17, 15) is 13.2 Å². The van der Waals surface area contributed by atoms with Gasteiger partial charge in [0.25, 0.3) is 0 Å². The zero-order chi connectivity index (χ0) is 16.1. The van der Waals surface area contributed by atoms with Gasteiger partial charge in [0.1, 0.15) is 10.8 Å². The predicted octanol–water partition coefficient (Wildman–Crippen LogP) is 0.974. The van der Waals surface area contributed by atoms with Crippen molar-refractivity contribution >= 4 is 28.5 Å². The molecule has 3 rings (SSSR count).